The van der Waals surface area contributed by atoms with Gasteiger partial charge in [-0.25, -0.2) is 8.42 Å². The van der Waals surface area contributed by atoms with Crippen LogP contribution in [0.25, 0.3) is 0 Å². The Morgan fingerprint density at radius 3 is 2.42 bits per heavy atom. The van der Waals surface area contributed by atoms with Crippen LogP contribution in [0.4, 0.5) is 0 Å². The second-order valence-electron chi connectivity index (χ2n) is 5.49. The zero-order valence-corrected chi connectivity index (χ0v) is 12.2. The number of hydrogen-bond donors (Lipinski definition) is 3. The fraction of sp³-hybridized carbons (Fsp3) is 0.917. The van der Waals surface area contributed by atoms with Crippen molar-refractivity contribution in [1.82, 2.24) is 5.32 Å². The van der Waals surface area contributed by atoms with Gasteiger partial charge in [0.25, 0.3) is 0 Å². The summed E-state index contributed by atoms with van der Waals surface area (Å²) in [5.74, 6) is -1.35. The minimum absolute atomic E-state index is 0.0238. The van der Waals surface area contributed by atoms with Gasteiger partial charge in [-0.05, 0) is 19.8 Å². The highest BCUT2D eigenvalue weighted by Crippen LogP contribution is 2.15. The zero-order chi connectivity index (χ0) is 14.6. The second-order valence-corrected chi connectivity index (χ2v) is 7.64. The summed E-state index contributed by atoms with van der Waals surface area (Å²) >= 11 is 0. The molecule has 0 saturated carbocycles. The Bertz CT molecular complexity index is 408. The van der Waals surface area contributed by atoms with E-state index in [2.05, 4.69) is 5.32 Å². The van der Waals surface area contributed by atoms with Gasteiger partial charge in [0, 0.05) is 12.1 Å². The Balaban J connectivity index is 2.28. The molecule has 0 amide bonds. The maximum atomic E-state index is 11.3. The molecule has 1 saturated heterocycles. The summed E-state index contributed by atoms with van der Waals surface area (Å²) in [5.41, 5.74) is 0. The molecular formula is C12H23NO5S. The van der Waals surface area contributed by atoms with Crippen LogP contribution in [0.1, 0.15) is 33.1 Å². The quantitative estimate of drug-likeness (QED) is 0.611. The van der Waals surface area contributed by atoms with Crippen LogP contribution < -0.4 is 5.32 Å². The van der Waals surface area contributed by atoms with Crippen LogP contribution in [0.15, 0.2) is 0 Å². The fourth-order valence-electron chi connectivity index (χ4n) is 2.29. The summed E-state index contributed by atoms with van der Waals surface area (Å²) in [6.45, 7) is 3.59. The number of aliphatic hydroxyl groups excluding tert-OH is 1. The van der Waals surface area contributed by atoms with Crippen molar-refractivity contribution in [3.63, 3.8) is 0 Å². The third-order valence-electron chi connectivity index (χ3n) is 3.52. The third kappa shape index (κ3) is 5.46. The SMILES string of the molecule is CC(CCCC(C)C(=O)O)NC1CS(=O)(=O)CC1O. The summed E-state index contributed by atoms with van der Waals surface area (Å²) in [6, 6.07) is -0.342. The molecule has 6 nitrogen and oxygen atoms in total. The van der Waals surface area contributed by atoms with E-state index in [1.165, 1.54) is 0 Å². The summed E-state index contributed by atoms with van der Waals surface area (Å²) in [5, 5.41) is 21.5. The molecule has 0 spiro atoms. The highest BCUT2D eigenvalue weighted by molar-refractivity contribution is 7.91. The van der Waals surface area contributed by atoms with Gasteiger partial charge < -0.3 is 15.5 Å². The Hall–Kier alpha value is -0.660. The van der Waals surface area contributed by atoms with Crippen molar-refractivity contribution in [2.24, 2.45) is 5.92 Å². The molecule has 4 atom stereocenters. The molecule has 0 radical (unpaired) electrons. The van der Waals surface area contributed by atoms with Crippen molar-refractivity contribution in [3.8, 4) is 0 Å². The summed E-state index contributed by atoms with van der Waals surface area (Å²) in [7, 11) is -3.13. The van der Waals surface area contributed by atoms with Crippen LogP contribution in [0.5, 0.6) is 0 Å². The van der Waals surface area contributed by atoms with Crippen molar-refractivity contribution in [2.75, 3.05) is 11.5 Å². The molecule has 1 aliphatic heterocycles. The molecule has 4 unspecified atom stereocenters. The second kappa shape index (κ2) is 6.67. The van der Waals surface area contributed by atoms with E-state index in [9.17, 15) is 18.3 Å². The van der Waals surface area contributed by atoms with Gasteiger partial charge in [-0.2, -0.15) is 0 Å². The van der Waals surface area contributed by atoms with Gasteiger partial charge in [-0.1, -0.05) is 13.3 Å². The number of sulfone groups is 1. The highest BCUT2D eigenvalue weighted by atomic mass is 32.2. The monoisotopic (exact) mass is 293 g/mol. The lowest BCUT2D eigenvalue weighted by Gasteiger charge is -2.21. The summed E-state index contributed by atoms with van der Waals surface area (Å²) < 4.78 is 22.7. The van der Waals surface area contributed by atoms with Crippen molar-refractivity contribution in [3.05, 3.63) is 0 Å². The largest absolute Gasteiger partial charge is 0.481 e. The van der Waals surface area contributed by atoms with Gasteiger partial charge in [-0.15, -0.1) is 0 Å². The Morgan fingerprint density at radius 1 is 1.32 bits per heavy atom. The molecule has 0 aromatic rings. The number of carbonyl (C=O) groups is 1. The molecular weight excluding hydrogens is 270 g/mol. The number of rotatable bonds is 7. The van der Waals surface area contributed by atoms with E-state index < -0.39 is 28.0 Å². The van der Waals surface area contributed by atoms with E-state index in [1.54, 1.807) is 6.92 Å². The third-order valence-corrected chi connectivity index (χ3v) is 5.23. The molecule has 1 fully saturated rings. The highest BCUT2D eigenvalue weighted by Gasteiger charge is 2.36. The first-order valence-electron chi connectivity index (χ1n) is 6.58. The van der Waals surface area contributed by atoms with Gasteiger partial charge in [-0.3, -0.25) is 4.79 Å². The summed E-state index contributed by atoms with van der Waals surface area (Å²) in [4.78, 5) is 10.7. The maximum absolute atomic E-state index is 11.3. The topological polar surface area (TPSA) is 104 Å². The van der Waals surface area contributed by atoms with E-state index in [4.69, 9.17) is 5.11 Å². The molecule has 0 aromatic carbocycles. The molecule has 1 rings (SSSR count). The molecule has 7 heteroatoms. The van der Waals surface area contributed by atoms with Gasteiger partial charge in [0.1, 0.15) is 0 Å². The average Bonchev–Trinajstić information content (AvgIpc) is 2.51. The molecule has 0 aliphatic carbocycles. The molecule has 19 heavy (non-hydrogen) atoms. The first-order valence-corrected chi connectivity index (χ1v) is 8.41. The predicted octanol–water partition coefficient (Wildman–Crippen LogP) is 0.0134. The zero-order valence-electron chi connectivity index (χ0n) is 11.4. The molecule has 112 valence electrons. The van der Waals surface area contributed by atoms with Crippen molar-refractivity contribution >= 4 is 15.8 Å². The summed E-state index contributed by atoms with van der Waals surface area (Å²) in [6.07, 6.45) is 1.29. The van der Waals surface area contributed by atoms with E-state index >= 15 is 0 Å². The Kier molecular flexibility index (Phi) is 5.76. The minimum Gasteiger partial charge on any atom is -0.481 e. The lowest BCUT2D eigenvalue weighted by atomic mass is 10.0. The number of hydrogen-bond acceptors (Lipinski definition) is 5. The van der Waals surface area contributed by atoms with Crippen molar-refractivity contribution in [1.29, 1.82) is 0 Å². The van der Waals surface area contributed by atoms with Crippen molar-refractivity contribution in [2.45, 2.75) is 51.3 Å². The standard InChI is InChI=1S/C12H23NO5S/c1-8(12(15)16)4-3-5-9(2)13-10-6-19(17,18)7-11(10)14/h8-11,13-14H,3-7H2,1-2H3,(H,15,16). The van der Waals surface area contributed by atoms with Crippen LogP contribution in [-0.2, 0) is 14.6 Å². The molecule has 3 N–H and O–H groups in total. The molecule has 0 aromatic heterocycles. The maximum Gasteiger partial charge on any atom is 0.306 e. The Labute approximate surface area is 114 Å². The van der Waals surface area contributed by atoms with Crippen LogP contribution in [0.2, 0.25) is 0 Å². The molecule has 0 bridgehead atoms. The number of carboxylic acid groups (broad SMARTS) is 1. The van der Waals surface area contributed by atoms with Crippen LogP contribution in [0, 0.1) is 5.92 Å². The molecule has 1 heterocycles. The average molecular weight is 293 g/mol. The first-order chi connectivity index (χ1) is 8.71. The van der Waals surface area contributed by atoms with Crippen LogP contribution in [-0.4, -0.2) is 54.3 Å². The smallest absolute Gasteiger partial charge is 0.306 e. The van der Waals surface area contributed by atoms with Gasteiger partial charge in [0.15, 0.2) is 9.84 Å². The van der Waals surface area contributed by atoms with Gasteiger partial charge in [0.2, 0.25) is 0 Å². The van der Waals surface area contributed by atoms with E-state index in [0.29, 0.717) is 6.42 Å². The minimum atomic E-state index is -3.13. The number of nitrogens with one attached hydrogen (secondary N) is 1. The van der Waals surface area contributed by atoms with E-state index in [0.717, 1.165) is 12.8 Å². The normalized spacial score (nSPS) is 29.0. The Morgan fingerprint density at radius 2 is 1.95 bits per heavy atom. The van der Waals surface area contributed by atoms with Crippen LogP contribution >= 0.6 is 0 Å². The number of aliphatic hydroxyl groups is 1. The lowest BCUT2D eigenvalue weighted by Crippen LogP contribution is -2.43. The van der Waals surface area contributed by atoms with Crippen LogP contribution in [0.3, 0.4) is 0 Å². The fourth-order valence-corrected chi connectivity index (χ4v) is 4.04. The number of carboxylic acids is 1. The van der Waals surface area contributed by atoms with E-state index in [-0.39, 0.29) is 23.5 Å². The lowest BCUT2D eigenvalue weighted by molar-refractivity contribution is -0.141. The molecule has 1 aliphatic rings. The van der Waals surface area contributed by atoms with Crippen molar-refractivity contribution < 1.29 is 23.4 Å². The van der Waals surface area contributed by atoms with Gasteiger partial charge in [0.05, 0.1) is 23.5 Å². The number of aliphatic carboxylic acids is 1. The first kappa shape index (κ1) is 16.4. The predicted molar refractivity (Wildman–Crippen MR) is 71.7 cm³/mol. The van der Waals surface area contributed by atoms with Gasteiger partial charge >= 0.3 is 5.97 Å². The van der Waals surface area contributed by atoms with E-state index in [1.807, 2.05) is 6.92 Å².